The molecule has 10 nitrogen and oxygen atoms in total. The van der Waals surface area contributed by atoms with Crippen molar-refractivity contribution in [1.82, 2.24) is 24.4 Å². The molecule has 1 saturated carbocycles. The van der Waals surface area contributed by atoms with Gasteiger partial charge in [-0.15, -0.1) is 0 Å². The summed E-state index contributed by atoms with van der Waals surface area (Å²) in [6, 6.07) is 4.36. The van der Waals surface area contributed by atoms with E-state index in [1.165, 1.54) is 22.5 Å². The van der Waals surface area contributed by atoms with Crippen LogP contribution in [0, 0.1) is 0 Å². The summed E-state index contributed by atoms with van der Waals surface area (Å²) in [6.07, 6.45) is 2.17. The number of imidazole rings is 1. The quantitative estimate of drug-likeness (QED) is 0.583. The number of nitrogens with one attached hydrogen (secondary N) is 2. The number of fused-ring (bicyclic) bond motifs is 1. The summed E-state index contributed by atoms with van der Waals surface area (Å²) < 4.78 is 32.3. The van der Waals surface area contributed by atoms with Gasteiger partial charge in [0, 0.05) is 18.9 Å². The van der Waals surface area contributed by atoms with Gasteiger partial charge in [-0.3, -0.25) is 0 Å². The van der Waals surface area contributed by atoms with Gasteiger partial charge in [-0.05, 0) is 31.0 Å². The number of sulfonamides is 1. The largest absolute Gasteiger partial charge is 0.379 e. The van der Waals surface area contributed by atoms with Crippen LogP contribution in [0.4, 0.5) is 0 Å². The van der Waals surface area contributed by atoms with Crippen LogP contribution in [0.25, 0.3) is 11.0 Å². The first-order valence-electron chi connectivity index (χ1n) is 8.64. The summed E-state index contributed by atoms with van der Waals surface area (Å²) in [7, 11) is -3.85. The van der Waals surface area contributed by atoms with E-state index in [4.69, 9.17) is 4.52 Å². The summed E-state index contributed by atoms with van der Waals surface area (Å²) in [4.78, 5) is 20.8. The van der Waals surface area contributed by atoms with E-state index in [9.17, 15) is 18.3 Å². The zero-order valence-corrected chi connectivity index (χ0v) is 15.0. The standard InChI is InChI=1S/C16H17N5O5S/c22-15-17-11-4-3-10(7-12(11)18-15)27(24,25)21-6-5-16(23,8-21)14-19-13(20-26-14)9-1-2-9/h3-4,7,9,23H,1-2,5-6,8H2,(H2,17,18,22). The molecule has 2 aromatic heterocycles. The predicted octanol–water partition coefficient (Wildman–Crippen LogP) is 0.399. The third kappa shape index (κ3) is 2.69. The molecule has 3 heterocycles. The van der Waals surface area contributed by atoms with E-state index < -0.39 is 21.3 Å². The van der Waals surface area contributed by atoms with E-state index in [0.717, 1.165) is 12.8 Å². The number of aliphatic hydroxyl groups is 1. The number of H-pyrrole nitrogens is 2. The van der Waals surface area contributed by atoms with Crippen LogP contribution in [0.1, 0.15) is 36.9 Å². The normalized spacial score (nSPS) is 24.0. The second-order valence-corrected chi connectivity index (χ2v) is 9.08. The molecule has 1 atom stereocenters. The fourth-order valence-corrected chi connectivity index (χ4v) is 4.91. The van der Waals surface area contributed by atoms with Crippen LogP contribution >= 0.6 is 0 Å². The molecular weight excluding hydrogens is 374 g/mol. The summed E-state index contributed by atoms with van der Waals surface area (Å²) >= 11 is 0. The van der Waals surface area contributed by atoms with Crippen LogP contribution in [-0.4, -0.2) is 51.0 Å². The van der Waals surface area contributed by atoms with Crippen molar-refractivity contribution in [2.45, 2.75) is 35.7 Å². The monoisotopic (exact) mass is 391 g/mol. The second-order valence-electron chi connectivity index (χ2n) is 7.14. The Hall–Kier alpha value is -2.50. The van der Waals surface area contributed by atoms with Gasteiger partial charge in [0.1, 0.15) is 0 Å². The number of rotatable bonds is 4. The van der Waals surface area contributed by atoms with Gasteiger partial charge in [-0.1, -0.05) is 5.16 Å². The minimum atomic E-state index is -3.85. The van der Waals surface area contributed by atoms with Crippen LogP contribution in [0.5, 0.6) is 0 Å². The molecule has 0 bridgehead atoms. The average molecular weight is 391 g/mol. The molecule has 11 heteroatoms. The lowest BCUT2D eigenvalue weighted by Gasteiger charge is -2.19. The van der Waals surface area contributed by atoms with Gasteiger partial charge in [0.2, 0.25) is 10.0 Å². The van der Waals surface area contributed by atoms with Crippen LogP contribution in [0.3, 0.4) is 0 Å². The Balaban J connectivity index is 1.43. The Kier molecular flexibility index (Phi) is 3.39. The van der Waals surface area contributed by atoms with Crippen LogP contribution < -0.4 is 5.69 Å². The average Bonchev–Trinajstić information content (AvgIpc) is 3.05. The molecule has 1 unspecified atom stereocenters. The summed E-state index contributed by atoms with van der Waals surface area (Å²) in [5, 5.41) is 14.8. The van der Waals surface area contributed by atoms with Gasteiger partial charge >= 0.3 is 5.69 Å². The molecule has 0 radical (unpaired) electrons. The Morgan fingerprint density at radius 1 is 1.26 bits per heavy atom. The Bertz CT molecular complexity index is 1190. The molecule has 0 spiro atoms. The number of aromatic nitrogens is 4. The Labute approximate surface area is 153 Å². The third-order valence-corrected chi connectivity index (χ3v) is 6.96. The van der Waals surface area contributed by atoms with Crippen molar-refractivity contribution in [3.8, 4) is 0 Å². The fourth-order valence-electron chi connectivity index (χ4n) is 3.39. The molecule has 2 fully saturated rings. The zero-order chi connectivity index (χ0) is 18.8. The molecule has 1 saturated heterocycles. The molecule has 1 aliphatic carbocycles. The SMILES string of the molecule is O=c1[nH]c2ccc(S(=O)(=O)N3CCC(O)(c4nc(C5CC5)no4)C3)cc2[nH]1. The predicted molar refractivity (Wildman–Crippen MR) is 92.5 cm³/mol. The van der Waals surface area contributed by atoms with E-state index in [1.54, 1.807) is 0 Å². The van der Waals surface area contributed by atoms with Crippen molar-refractivity contribution in [2.24, 2.45) is 0 Å². The number of benzene rings is 1. The van der Waals surface area contributed by atoms with E-state index in [1.807, 2.05) is 0 Å². The highest BCUT2D eigenvalue weighted by molar-refractivity contribution is 7.89. The van der Waals surface area contributed by atoms with Crippen molar-refractivity contribution >= 4 is 21.1 Å². The topological polar surface area (TPSA) is 145 Å². The van der Waals surface area contributed by atoms with E-state index >= 15 is 0 Å². The number of nitrogens with zero attached hydrogens (tertiary/aromatic N) is 3. The third-order valence-electron chi connectivity index (χ3n) is 5.12. The molecule has 27 heavy (non-hydrogen) atoms. The van der Waals surface area contributed by atoms with Gasteiger partial charge in [-0.25, -0.2) is 13.2 Å². The minimum absolute atomic E-state index is 0.0405. The first-order valence-corrected chi connectivity index (χ1v) is 10.1. The summed E-state index contributed by atoms with van der Waals surface area (Å²) in [5.41, 5.74) is -0.977. The van der Waals surface area contributed by atoms with E-state index in [-0.39, 0.29) is 36.2 Å². The summed E-state index contributed by atoms with van der Waals surface area (Å²) in [6.45, 7) is -0.0367. The van der Waals surface area contributed by atoms with E-state index in [0.29, 0.717) is 16.9 Å². The maximum atomic E-state index is 13.0. The number of hydrogen-bond acceptors (Lipinski definition) is 7. The van der Waals surface area contributed by atoms with Crippen molar-refractivity contribution < 1.29 is 18.0 Å². The van der Waals surface area contributed by atoms with Crippen molar-refractivity contribution in [3.05, 3.63) is 40.4 Å². The smallest absolute Gasteiger partial charge is 0.323 e. The van der Waals surface area contributed by atoms with Crippen LogP contribution in [-0.2, 0) is 15.6 Å². The summed E-state index contributed by atoms with van der Waals surface area (Å²) in [5.74, 6) is 0.914. The first-order chi connectivity index (χ1) is 12.8. The Morgan fingerprint density at radius 3 is 2.81 bits per heavy atom. The molecule has 3 N–H and O–H groups in total. The highest BCUT2D eigenvalue weighted by Gasteiger charge is 2.47. The van der Waals surface area contributed by atoms with Crippen molar-refractivity contribution in [2.75, 3.05) is 13.1 Å². The fraction of sp³-hybridized carbons (Fsp3) is 0.438. The first kappa shape index (κ1) is 16.7. The maximum Gasteiger partial charge on any atom is 0.323 e. The lowest BCUT2D eigenvalue weighted by Crippen LogP contribution is -2.34. The van der Waals surface area contributed by atoms with Gasteiger partial charge in [0.25, 0.3) is 5.89 Å². The molecule has 5 rings (SSSR count). The number of β-amino-alcohol motifs (C(OH)–C–C–N with tert-alkyl or cyclic N) is 1. The lowest BCUT2D eigenvalue weighted by molar-refractivity contribution is 0.0194. The van der Waals surface area contributed by atoms with Crippen LogP contribution in [0.15, 0.2) is 32.4 Å². The molecule has 0 amide bonds. The van der Waals surface area contributed by atoms with Gasteiger partial charge in [0.15, 0.2) is 11.4 Å². The molecule has 3 aromatic rings. The molecular formula is C16H17N5O5S. The van der Waals surface area contributed by atoms with E-state index in [2.05, 4.69) is 20.1 Å². The van der Waals surface area contributed by atoms with Crippen LogP contribution in [0.2, 0.25) is 0 Å². The number of hydrogen-bond donors (Lipinski definition) is 3. The molecule has 2 aliphatic rings. The molecule has 1 aromatic carbocycles. The lowest BCUT2D eigenvalue weighted by atomic mass is 10.0. The Morgan fingerprint density at radius 2 is 2.04 bits per heavy atom. The van der Waals surface area contributed by atoms with Crippen molar-refractivity contribution in [3.63, 3.8) is 0 Å². The molecule has 1 aliphatic heterocycles. The van der Waals surface area contributed by atoms with Gasteiger partial charge in [0.05, 0.1) is 22.5 Å². The van der Waals surface area contributed by atoms with Gasteiger partial charge < -0.3 is 19.6 Å². The minimum Gasteiger partial charge on any atom is -0.379 e. The highest BCUT2D eigenvalue weighted by atomic mass is 32.2. The zero-order valence-electron chi connectivity index (χ0n) is 14.2. The second kappa shape index (κ2) is 5.50. The van der Waals surface area contributed by atoms with Crippen molar-refractivity contribution in [1.29, 1.82) is 0 Å². The maximum absolute atomic E-state index is 13.0. The van der Waals surface area contributed by atoms with Gasteiger partial charge in [-0.2, -0.15) is 9.29 Å². The highest BCUT2D eigenvalue weighted by Crippen LogP contribution is 2.40. The number of aromatic amines is 2. The molecule has 142 valence electrons.